The summed E-state index contributed by atoms with van der Waals surface area (Å²) in [5, 5.41) is 67.1. The van der Waals surface area contributed by atoms with E-state index in [1.54, 1.807) is 0 Å². The molecule has 0 amide bonds. The summed E-state index contributed by atoms with van der Waals surface area (Å²) in [6.45, 7) is -0.756. The van der Waals surface area contributed by atoms with Gasteiger partial charge in [0.25, 0.3) is 0 Å². The van der Waals surface area contributed by atoms with E-state index in [-0.39, 0.29) is 12.9 Å². The highest BCUT2D eigenvalue weighted by Crippen LogP contribution is 2.22. The Hall–Kier alpha value is -0.730. The molecule has 0 radical (unpaired) electrons. The smallest absolute Gasteiger partial charge is 0.186 e. The molecule has 11 heteroatoms. The molecule has 24 heavy (non-hydrogen) atoms. The molecule has 0 bridgehead atoms. The molecule has 0 aromatic carbocycles. The Labute approximate surface area is 137 Å². The summed E-state index contributed by atoms with van der Waals surface area (Å²) in [6, 6.07) is 0. The monoisotopic (exact) mass is 356 g/mol. The number of ether oxygens (including phenoxy) is 3. The SMILES string of the molecule is COCC1O[C@H](OCC(O)[C@@H](O)[C@H](O)C(O)C=O)C(O)[C@@H](O)[C@@H]1O. The van der Waals surface area contributed by atoms with Crippen molar-refractivity contribution in [2.45, 2.75) is 55.1 Å². The number of aldehydes is 1. The highest BCUT2D eigenvalue weighted by atomic mass is 16.7. The number of aliphatic hydroxyl groups is 7. The second-order valence-electron chi connectivity index (χ2n) is 5.48. The van der Waals surface area contributed by atoms with Gasteiger partial charge in [0.1, 0.15) is 48.8 Å². The first-order valence-corrected chi connectivity index (χ1v) is 7.22. The average molecular weight is 356 g/mol. The van der Waals surface area contributed by atoms with E-state index in [0.717, 1.165) is 0 Å². The molecule has 1 aliphatic heterocycles. The zero-order chi connectivity index (χ0) is 18.4. The van der Waals surface area contributed by atoms with E-state index in [0.29, 0.717) is 0 Å². The van der Waals surface area contributed by atoms with Gasteiger partial charge in [0, 0.05) is 7.11 Å². The molecule has 1 aliphatic rings. The number of carbonyl (C=O) groups excluding carboxylic acids is 1. The lowest BCUT2D eigenvalue weighted by Crippen LogP contribution is -2.59. The van der Waals surface area contributed by atoms with Crippen LogP contribution in [-0.4, -0.2) is 117 Å². The lowest BCUT2D eigenvalue weighted by Gasteiger charge is -2.40. The summed E-state index contributed by atoms with van der Waals surface area (Å²) in [5.74, 6) is 0. The van der Waals surface area contributed by atoms with Crippen LogP contribution in [0, 0.1) is 0 Å². The van der Waals surface area contributed by atoms with Crippen molar-refractivity contribution in [3.05, 3.63) is 0 Å². The zero-order valence-corrected chi connectivity index (χ0v) is 13.0. The van der Waals surface area contributed by atoms with Gasteiger partial charge in [-0.1, -0.05) is 0 Å². The molecule has 0 spiro atoms. The van der Waals surface area contributed by atoms with Crippen LogP contribution < -0.4 is 0 Å². The van der Waals surface area contributed by atoms with Gasteiger partial charge in [-0.2, -0.15) is 0 Å². The van der Waals surface area contributed by atoms with Crippen molar-refractivity contribution in [3.63, 3.8) is 0 Å². The third kappa shape index (κ3) is 5.13. The van der Waals surface area contributed by atoms with Crippen molar-refractivity contribution >= 4 is 6.29 Å². The standard InChI is InChI=1S/C13H24O11/c1-22-4-7-10(19)11(20)12(21)13(24-7)23-3-6(16)9(18)8(17)5(15)2-14/h2,5-13,15-21H,3-4H2,1H3/t5?,6?,7?,8-,9-,10-,11+,12?,13+/m1/s1. The van der Waals surface area contributed by atoms with E-state index in [1.165, 1.54) is 7.11 Å². The third-order valence-electron chi connectivity index (χ3n) is 3.66. The largest absolute Gasteiger partial charge is 0.388 e. The number of rotatable bonds is 9. The molecule has 0 aromatic rings. The normalized spacial score (nSPS) is 35.9. The van der Waals surface area contributed by atoms with E-state index in [2.05, 4.69) is 0 Å². The van der Waals surface area contributed by atoms with Crippen molar-refractivity contribution in [2.24, 2.45) is 0 Å². The molecule has 142 valence electrons. The predicted octanol–water partition coefficient (Wildman–Crippen LogP) is -4.90. The molecule has 0 aliphatic carbocycles. The van der Waals surface area contributed by atoms with E-state index >= 15 is 0 Å². The van der Waals surface area contributed by atoms with Gasteiger partial charge in [0.05, 0.1) is 13.2 Å². The van der Waals surface area contributed by atoms with Crippen molar-refractivity contribution < 1.29 is 54.8 Å². The topological polar surface area (TPSA) is 186 Å². The Morgan fingerprint density at radius 2 is 1.67 bits per heavy atom. The first-order chi connectivity index (χ1) is 11.2. The van der Waals surface area contributed by atoms with Crippen molar-refractivity contribution in [2.75, 3.05) is 20.3 Å². The molecular formula is C13H24O11. The predicted molar refractivity (Wildman–Crippen MR) is 74.6 cm³/mol. The van der Waals surface area contributed by atoms with Gasteiger partial charge in [-0.15, -0.1) is 0 Å². The number of hydrogen-bond acceptors (Lipinski definition) is 11. The average Bonchev–Trinajstić information content (AvgIpc) is 2.58. The molecule has 7 N–H and O–H groups in total. The van der Waals surface area contributed by atoms with Crippen molar-refractivity contribution in [3.8, 4) is 0 Å². The molecule has 4 unspecified atom stereocenters. The lowest BCUT2D eigenvalue weighted by atomic mass is 9.99. The number of aliphatic hydroxyl groups excluding tert-OH is 7. The summed E-state index contributed by atoms with van der Waals surface area (Å²) >= 11 is 0. The summed E-state index contributed by atoms with van der Waals surface area (Å²) in [7, 11) is 1.34. The summed E-state index contributed by atoms with van der Waals surface area (Å²) < 4.78 is 15.1. The molecule has 1 heterocycles. The quantitative estimate of drug-likeness (QED) is 0.196. The minimum absolute atomic E-state index is 0.0114. The van der Waals surface area contributed by atoms with Crippen LogP contribution in [0.3, 0.4) is 0 Å². The molecule has 0 aromatic heterocycles. The minimum atomic E-state index is -1.94. The van der Waals surface area contributed by atoms with Crippen molar-refractivity contribution in [1.29, 1.82) is 0 Å². The maximum absolute atomic E-state index is 10.3. The van der Waals surface area contributed by atoms with Gasteiger partial charge in [0.2, 0.25) is 0 Å². The summed E-state index contributed by atoms with van der Waals surface area (Å²) in [4.78, 5) is 10.3. The highest BCUT2D eigenvalue weighted by Gasteiger charge is 2.44. The fraction of sp³-hybridized carbons (Fsp3) is 0.923. The minimum Gasteiger partial charge on any atom is -0.388 e. The second-order valence-corrected chi connectivity index (χ2v) is 5.48. The first-order valence-electron chi connectivity index (χ1n) is 7.22. The maximum atomic E-state index is 10.3. The van der Waals surface area contributed by atoms with Crippen LogP contribution in [0.1, 0.15) is 0 Å². The Bertz CT molecular complexity index is 381. The van der Waals surface area contributed by atoms with E-state index in [9.17, 15) is 35.4 Å². The molecule has 11 nitrogen and oxygen atoms in total. The van der Waals surface area contributed by atoms with E-state index in [1.807, 2.05) is 0 Å². The third-order valence-corrected chi connectivity index (χ3v) is 3.66. The van der Waals surface area contributed by atoms with Crippen LogP contribution in [-0.2, 0) is 19.0 Å². The zero-order valence-electron chi connectivity index (χ0n) is 13.0. The van der Waals surface area contributed by atoms with Crippen LogP contribution in [0.2, 0.25) is 0 Å². The molecule has 1 rings (SSSR count). The van der Waals surface area contributed by atoms with E-state index < -0.39 is 61.7 Å². The van der Waals surface area contributed by atoms with Gasteiger partial charge >= 0.3 is 0 Å². The maximum Gasteiger partial charge on any atom is 0.186 e. The van der Waals surface area contributed by atoms with Crippen molar-refractivity contribution in [1.82, 2.24) is 0 Å². The molecule has 1 fully saturated rings. The second kappa shape index (κ2) is 9.68. The van der Waals surface area contributed by atoms with Crippen LogP contribution >= 0.6 is 0 Å². The number of carbonyl (C=O) groups is 1. The van der Waals surface area contributed by atoms with Crippen LogP contribution in [0.4, 0.5) is 0 Å². The fourth-order valence-corrected chi connectivity index (χ4v) is 2.16. The summed E-state index contributed by atoms with van der Waals surface area (Å²) in [5.41, 5.74) is 0. The Kier molecular flexibility index (Phi) is 8.59. The lowest BCUT2D eigenvalue weighted by molar-refractivity contribution is -0.307. The van der Waals surface area contributed by atoms with Gasteiger partial charge in [-0.05, 0) is 0 Å². The van der Waals surface area contributed by atoms with Gasteiger partial charge in [0.15, 0.2) is 12.6 Å². The van der Waals surface area contributed by atoms with Crippen LogP contribution in [0.15, 0.2) is 0 Å². The summed E-state index contributed by atoms with van der Waals surface area (Å²) in [6.07, 6.45) is -14.6. The molecule has 1 saturated heterocycles. The van der Waals surface area contributed by atoms with E-state index in [4.69, 9.17) is 19.3 Å². The highest BCUT2D eigenvalue weighted by molar-refractivity contribution is 5.56. The molecule has 9 atom stereocenters. The van der Waals surface area contributed by atoms with Crippen LogP contribution in [0.5, 0.6) is 0 Å². The van der Waals surface area contributed by atoms with Gasteiger partial charge in [-0.3, -0.25) is 0 Å². The Morgan fingerprint density at radius 1 is 1.04 bits per heavy atom. The Balaban J connectivity index is 2.59. The number of methoxy groups -OCH3 is 1. The molecular weight excluding hydrogens is 332 g/mol. The molecule has 0 saturated carbocycles. The fourth-order valence-electron chi connectivity index (χ4n) is 2.16. The number of hydrogen-bond donors (Lipinski definition) is 7. The van der Waals surface area contributed by atoms with Crippen LogP contribution in [0.25, 0.3) is 0 Å². The van der Waals surface area contributed by atoms with Gasteiger partial charge in [-0.25, -0.2) is 0 Å². The first kappa shape index (κ1) is 21.3. The Morgan fingerprint density at radius 3 is 2.21 bits per heavy atom. The van der Waals surface area contributed by atoms with Gasteiger partial charge < -0.3 is 54.8 Å².